The van der Waals surface area contributed by atoms with Crippen LogP contribution in [0, 0.1) is 6.92 Å². The molecule has 4 heterocycles. The molecule has 0 aliphatic carbocycles. The highest BCUT2D eigenvalue weighted by Gasteiger charge is 2.20. The van der Waals surface area contributed by atoms with Crippen molar-refractivity contribution in [3.05, 3.63) is 42.1 Å². The lowest BCUT2D eigenvalue weighted by Crippen LogP contribution is -2.47. The van der Waals surface area contributed by atoms with E-state index in [-0.39, 0.29) is 0 Å². The Morgan fingerprint density at radius 3 is 2.72 bits per heavy atom. The summed E-state index contributed by atoms with van der Waals surface area (Å²) >= 11 is 0. The monoisotopic (exact) mass is 337 g/mol. The van der Waals surface area contributed by atoms with Crippen LogP contribution >= 0.6 is 0 Å². The van der Waals surface area contributed by atoms with Gasteiger partial charge < -0.3 is 4.90 Å². The number of piperazine rings is 1. The predicted octanol–water partition coefficient (Wildman–Crippen LogP) is 1.43. The third-order valence-corrected chi connectivity index (χ3v) is 5.01. The van der Waals surface area contributed by atoms with Crippen molar-refractivity contribution in [1.82, 2.24) is 29.6 Å². The van der Waals surface area contributed by atoms with Crippen LogP contribution in [0.3, 0.4) is 0 Å². The van der Waals surface area contributed by atoms with Crippen molar-refractivity contribution in [3.8, 4) is 0 Å². The first-order chi connectivity index (χ1) is 12.2. The number of pyridine rings is 1. The summed E-state index contributed by atoms with van der Waals surface area (Å²) in [5.74, 6) is 1.00. The average Bonchev–Trinajstić information content (AvgIpc) is 3.03. The highest BCUT2D eigenvalue weighted by molar-refractivity contribution is 5.86. The number of hydrogen-bond donors (Lipinski definition) is 0. The second-order valence-corrected chi connectivity index (χ2v) is 6.58. The number of anilines is 1. The van der Waals surface area contributed by atoms with Gasteiger partial charge in [0.25, 0.3) is 0 Å². The molecule has 1 saturated heterocycles. The molecular formula is C18H23N7. The van der Waals surface area contributed by atoms with Gasteiger partial charge in [-0.25, -0.2) is 9.97 Å². The minimum absolute atomic E-state index is 0.889. The summed E-state index contributed by atoms with van der Waals surface area (Å²) in [6, 6.07) is 2.13. The predicted molar refractivity (Wildman–Crippen MR) is 97.6 cm³/mol. The quantitative estimate of drug-likeness (QED) is 0.718. The second kappa shape index (κ2) is 6.76. The molecule has 25 heavy (non-hydrogen) atoms. The van der Waals surface area contributed by atoms with Gasteiger partial charge in [0, 0.05) is 52.2 Å². The molecule has 0 N–H and O–H groups in total. The Morgan fingerprint density at radius 2 is 1.92 bits per heavy atom. The van der Waals surface area contributed by atoms with Gasteiger partial charge in [0.2, 0.25) is 0 Å². The zero-order valence-corrected chi connectivity index (χ0v) is 14.8. The Labute approximate surface area is 147 Å². The first-order valence-electron chi connectivity index (χ1n) is 8.72. The average molecular weight is 337 g/mol. The van der Waals surface area contributed by atoms with E-state index in [4.69, 9.17) is 0 Å². The number of rotatable bonds is 4. The molecule has 3 aromatic rings. The SMILES string of the molecule is Cc1cnccc1CCN1CCN(c2ncnc3c2cnn3C)CC1. The maximum Gasteiger partial charge on any atom is 0.163 e. The van der Waals surface area contributed by atoms with Crippen molar-refractivity contribution in [2.24, 2.45) is 7.05 Å². The molecule has 0 unspecified atom stereocenters. The van der Waals surface area contributed by atoms with E-state index in [0.29, 0.717) is 0 Å². The van der Waals surface area contributed by atoms with Gasteiger partial charge in [0.1, 0.15) is 12.1 Å². The molecule has 4 rings (SSSR count). The topological polar surface area (TPSA) is 63.0 Å². The van der Waals surface area contributed by atoms with Gasteiger partial charge in [0.05, 0.1) is 11.6 Å². The lowest BCUT2D eigenvalue weighted by Gasteiger charge is -2.35. The van der Waals surface area contributed by atoms with Crippen LogP contribution in [0.1, 0.15) is 11.1 Å². The Bertz CT molecular complexity index is 865. The van der Waals surface area contributed by atoms with E-state index in [0.717, 1.165) is 56.0 Å². The standard InChI is InChI=1S/C18H23N7/c1-14-11-19-5-3-15(14)4-6-24-7-9-25(10-8-24)18-16-12-22-23(2)17(16)20-13-21-18/h3,5,11-13H,4,6-10H2,1-2H3. The van der Waals surface area contributed by atoms with E-state index < -0.39 is 0 Å². The Morgan fingerprint density at radius 1 is 1.08 bits per heavy atom. The second-order valence-electron chi connectivity index (χ2n) is 6.58. The lowest BCUT2D eigenvalue weighted by atomic mass is 10.1. The molecule has 0 spiro atoms. The molecule has 7 nitrogen and oxygen atoms in total. The van der Waals surface area contributed by atoms with Gasteiger partial charge in [-0.2, -0.15) is 5.10 Å². The fourth-order valence-electron chi connectivity index (χ4n) is 3.45. The molecular weight excluding hydrogens is 314 g/mol. The Hall–Kier alpha value is -2.54. The lowest BCUT2D eigenvalue weighted by molar-refractivity contribution is 0.260. The number of hydrogen-bond acceptors (Lipinski definition) is 6. The highest BCUT2D eigenvalue weighted by Crippen LogP contribution is 2.23. The highest BCUT2D eigenvalue weighted by atomic mass is 15.3. The third-order valence-electron chi connectivity index (χ3n) is 5.01. The van der Waals surface area contributed by atoms with Gasteiger partial charge in [-0.15, -0.1) is 0 Å². The number of aryl methyl sites for hydroxylation is 2. The van der Waals surface area contributed by atoms with Crippen LogP contribution in [-0.4, -0.2) is 62.4 Å². The molecule has 0 bridgehead atoms. The number of aromatic nitrogens is 5. The van der Waals surface area contributed by atoms with E-state index in [1.165, 1.54) is 11.1 Å². The van der Waals surface area contributed by atoms with Gasteiger partial charge in [-0.3, -0.25) is 14.6 Å². The zero-order chi connectivity index (χ0) is 17.2. The van der Waals surface area contributed by atoms with E-state index in [2.05, 4.69) is 42.8 Å². The summed E-state index contributed by atoms with van der Waals surface area (Å²) in [5, 5.41) is 5.34. The van der Waals surface area contributed by atoms with Crippen LogP contribution in [0.25, 0.3) is 11.0 Å². The van der Waals surface area contributed by atoms with Crippen molar-refractivity contribution >= 4 is 16.9 Å². The van der Waals surface area contributed by atoms with Crippen molar-refractivity contribution in [2.45, 2.75) is 13.3 Å². The van der Waals surface area contributed by atoms with Crippen LogP contribution in [0.5, 0.6) is 0 Å². The van der Waals surface area contributed by atoms with E-state index >= 15 is 0 Å². The summed E-state index contributed by atoms with van der Waals surface area (Å²) in [7, 11) is 1.91. The summed E-state index contributed by atoms with van der Waals surface area (Å²) in [6.07, 6.45) is 8.41. The van der Waals surface area contributed by atoms with E-state index in [1.54, 1.807) is 11.0 Å². The molecule has 0 aromatic carbocycles. The summed E-state index contributed by atoms with van der Waals surface area (Å²) < 4.78 is 1.80. The molecule has 1 fully saturated rings. The minimum atomic E-state index is 0.889. The smallest absolute Gasteiger partial charge is 0.163 e. The van der Waals surface area contributed by atoms with Crippen LogP contribution in [-0.2, 0) is 13.5 Å². The maximum atomic E-state index is 4.51. The van der Waals surface area contributed by atoms with Crippen LogP contribution in [0.15, 0.2) is 31.0 Å². The van der Waals surface area contributed by atoms with Gasteiger partial charge >= 0.3 is 0 Å². The summed E-state index contributed by atoms with van der Waals surface area (Å²) in [5.41, 5.74) is 3.56. The molecule has 0 saturated carbocycles. The molecule has 0 atom stereocenters. The van der Waals surface area contributed by atoms with Crippen LogP contribution in [0.2, 0.25) is 0 Å². The molecule has 130 valence electrons. The molecule has 7 heteroatoms. The summed E-state index contributed by atoms with van der Waals surface area (Å²) in [4.78, 5) is 17.9. The molecule has 0 amide bonds. The fourth-order valence-corrected chi connectivity index (χ4v) is 3.45. The van der Waals surface area contributed by atoms with Crippen molar-refractivity contribution in [3.63, 3.8) is 0 Å². The maximum absolute atomic E-state index is 4.51. The third kappa shape index (κ3) is 3.19. The van der Waals surface area contributed by atoms with Gasteiger partial charge in [0.15, 0.2) is 5.65 Å². The van der Waals surface area contributed by atoms with E-state index in [9.17, 15) is 0 Å². The zero-order valence-electron chi connectivity index (χ0n) is 14.8. The largest absolute Gasteiger partial charge is 0.353 e. The van der Waals surface area contributed by atoms with Gasteiger partial charge in [-0.1, -0.05) is 0 Å². The van der Waals surface area contributed by atoms with E-state index in [1.807, 2.05) is 25.6 Å². The first-order valence-corrected chi connectivity index (χ1v) is 8.72. The number of fused-ring (bicyclic) bond motifs is 1. The van der Waals surface area contributed by atoms with Crippen molar-refractivity contribution in [2.75, 3.05) is 37.6 Å². The number of nitrogens with zero attached hydrogens (tertiary/aromatic N) is 7. The molecule has 0 radical (unpaired) electrons. The fraction of sp³-hybridized carbons (Fsp3) is 0.444. The Balaban J connectivity index is 1.39. The molecule has 1 aliphatic heterocycles. The van der Waals surface area contributed by atoms with Crippen LogP contribution in [0.4, 0.5) is 5.82 Å². The normalized spacial score (nSPS) is 15.8. The van der Waals surface area contributed by atoms with Gasteiger partial charge in [-0.05, 0) is 30.5 Å². The summed E-state index contributed by atoms with van der Waals surface area (Å²) in [6.45, 7) is 7.29. The molecule has 3 aromatic heterocycles. The first kappa shape index (κ1) is 16.0. The minimum Gasteiger partial charge on any atom is -0.353 e. The van der Waals surface area contributed by atoms with Crippen molar-refractivity contribution in [1.29, 1.82) is 0 Å². The van der Waals surface area contributed by atoms with Crippen molar-refractivity contribution < 1.29 is 0 Å². The Kier molecular flexibility index (Phi) is 4.31. The molecule has 1 aliphatic rings. The van der Waals surface area contributed by atoms with Crippen LogP contribution < -0.4 is 4.90 Å².